The van der Waals surface area contributed by atoms with E-state index in [1.807, 2.05) is 12.1 Å². The second-order valence-electron chi connectivity index (χ2n) is 7.88. The number of nitrogens with one attached hydrogen (secondary N) is 1. The summed E-state index contributed by atoms with van der Waals surface area (Å²) in [4.78, 5) is 18.3. The number of urea groups is 1. The summed E-state index contributed by atoms with van der Waals surface area (Å²) in [5, 5.41) is 2.82. The predicted octanol–water partition coefficient (Wildman–Crippen LogP) is 5.42. The lowest BCUT2D eigenvalue weighted by atomic mass is 10.0. The van der Waals surface area contributed by atoms with Gasteiger partial charge in [-0.1, -0.05) is 30.7 Å². The number of alkyl halides is 3. The summed E-state index contributed by atoms with van der Waals surface area (Å²) >= 11 is 0. The number of halogens is 3. The Morgan fingerprint density at radius 2 is 2.00 bits per heavy atom. The van der Waals surface area contributed by atoms with Gasteiger partial charge in [-0.25, -0.2) is 22.9 Å². The van der Waals surface area contributed by atoms with E-state index in [0.717, 1.165) is 11.1 Å². The number of piperidine rings is 1. The highest BCUT2D eigenvalue weighted by molar-refractivity contribution is 5.89. The Bertz CT molecular complexity index is 945. The van der Waals surface area contributed by atoms with Gasteiger partial charge in [-0.05, 0) is 36.6 Å². The quantitative estimate of drug-likeness (QED) is 0.568. The van der Waals surface area contributed by atoms with Gasteiger partial charge < -0.3 is 19.7 Å². The first-order valence-electron chi connectivity index (χ1n) is 10.8. The van der Waals surface area contributed by atoms with Crippen molar-refractivity contribution in [1.29, 1.82) is 0 Å². The fourth-order valence-corrected chi connectivity index (χ4v) is 3.37. The molecule has 6 nitrogen and oxygen atoms in total. The van der Waals surface area contributed by atoms with Gasteiger partial charge in [0.25, 0.3) is 0 Å². The number of hydrogen-bond acceptors (Lipinski definition) is 4. The van der Waals surface area contributed by atoms with Crippen LogP contribution in [0.15, 0.2) is 48.2 Å². The zero-order valence-electron chi connectivity index (χ0n) is 18.6. The van der Waals surface area contributed by atoms with Gasteiger partial charge in [-0.15, -0.1) is 0 Å². The van der Waals surface area contributed by atoms with Gasteiger partial charge in [0.1, 0.15) is 18.6 Å². The van der Waals surface area contributed by atoms with Crippen molar-refractivity contribution in [2.45, 2.75) is 32.3 Å². The molecule has 178 valence electrons. The minimum atomic E-state index is -1.94. The van der Waals surface area contributed by atoms with Crippen LogP contribution in [-0.4, -0.2) is 55.3 Å². The molecular weight excluding hydrogens is 435 g/mol. The van der Waals surface area contributed by atoms with Crippen molar-refractivity contribution < 1.29 is 27.4 Å². The van der Waals surface area contributed by atoms with Crippen LogP contribution in [0.3, 0.4) is 0 Å². The molecule has 1 aliphatic rings. The Labute approximate surface area is 191 Å². The van der Waals surface area contributed by atoms with E-state index in [1.54, 1.807) is 35.2 Å². The van der Waals surface area contributed by atoms with Crippen LogP contribution in [0, 0.1) is 5.92 Å². The number of pyridine rings is 1. The van der Waals surface area contributed by atoms with Gasteiger partial charge in [0.15, 0.2) is 0 Å². The molecule has 3 atom stereocenters. The van der Waals surface area contributed by atoms with Crippen LogP contribution in [0.5, 0.6) is 11.6 Å². The molecule has 0 saturated carbocycles. The number of benzene rings is 1. The third kappa shape index (κ3) is 6.87. The highest BCUT2D eigenvalue weighted by Crippen LogP contribution is 2.25. The summed E-state index contributed by atoms with van der Waals surface area (Å²) in [5.41, 5.74) is 2.55. The molecule has 2 heterocycles. The SMILES string of the molecule is COc1ccc(NC(=O)N2CCC(=Cc3cccc(OC(F)C(C)C(F)CF)c3)CC2)cn1. The third-order valence-corrected chi connectivity index (χ3v) is 5.50. The van der Waals surface area contributed by atoms with Crippen LogP contribution in [-0.2, 0) is 0 Å². The molecule has 1 fully saturated rings. The van der Waals surface area contributed by atoms with Crippen LogP contribution in [0.25, 0.3) is 6.08 Å². The third-order valence-electron chi connectivity index (χ3n) is 5.50. The number of ether oxygens (including phenoxy) is 2. The van der Waals surface area contributed by atoms with E-state index in [0.29, 0.717) is 37.5 Å². The molecule has 3 unspecified atom stereocenters. The molecule has 3 rings (SSSR count). The number of amides is 2. The molecule has 1 aromatic heterocycles. The van der Waals surface area contributed by atoms with Crippen molar-refractivity contribution >= 4 is 17.8 Å². The number of aromatic nitrogens is 1. The molecule has 0 aliphatic carbocycles. The standard InChI is InChI=1S/C24H28F3N3O3/c1-16(21(26)14-25)23(27)33-20-5-3-4-18(13-20)12-17-8-10-30(11-9-17)24(31)29-19-6-7-22(32-2)28-15-19/h3-7,12-13,15-16,21,23H,8-11,14H2,1-2H3,(H,29,31). The van der Waals surface area contributed by atoms with Crippen LogP contribution >= 0.6 is 0 Å². The first-order valence-corrected chi connectivity index (χ1v) is 10.8. The summed E-state index contributed by atoms with van der Waals surface area (Å²) in [6, 6.07) is 10.0. The van der Waals surface area contributed by atoms with Gasteiger partial charge >= 0.3 is 6.03 Å². The Morgan fingerprint density at radius 1 is 1.24 bits per heavy atom. The predicted molar refractivity (Wildman–Crippen MR) is 121 cm³/mol. The monoisotopic (exact) mass is 463 g/mol. The maximum Gasteiger partial charge on any atom is 0.321 e. The first kappa shape index (κ1) is 24.4. The Balaban J connectivity index is 1.53. The molecule has 1 N–H and O–H groups in total. The number of hydrogen-bond donors (Lipinski definition) is 1. The van der Waals surface area contributed by atoms with Crippen molar-refractivity contribution in [3.05, 3.63) is 53.7 Å². The van der Waals surface area contributed by atoms with E-state index >= 15 is 0 Å². The second kappa shape index (κ2) is 11.6. The fraction of sp³-hybridized carbons (Fsp3) is 0.417. The van der Waals surface area contributed by atoms with Gasteiger partial charge in [0.05, 0.1) is 24.9 Å². The Morgan fingerprint density at radius 3 is 2.64 bits per heavy atom. The minimum absolute atomic E-state index is 0.195. The number of carbonyl (C=O) groups is 1. The minimum Gasteiger partial charge on any atom is -0.481 e. The van der Waals surface area contributed by atoms with Crippen molar-refractivity contribution in [3.63, 3.8) is 0 Å². The lowest BCUT2D eigenvalue weighted by Crippen LogP contribution is -2.39. The van der Waals surface area contributed by atoms with Gasteiger partial charge in [-0.2, -0.15) is 0 Å². The number of carbonyl (C=O) groups excluding carboxylic acids is 1. The molecule has 1 aliphatic heterocycles. The van der Waals surface area contributed by atoms with E-state index in [9.17, 15) is 18.0 Å². The zero-order valence-corrected chi connectivity index (χ0v) is 18.6. The molecule has 2 amide bonds. The number of methoxy groups -OCH3 is 1. The zero-order chi connectivity index (χ0) is 23.8. The van der Waals surface area contributed by atoms with Crippen molar-refractivity contribution in [1.82, 2.24) is 9.88 Å². The molecule has 0 radical (unpaired) electrons. The molecule has 1 aromatic carbocycles. The van der Waals surface area contributed by atoms with Crippen LogP contribution in [0.4, 0.5) is 23.7 Å². The van der Waals surface area contributed by atoms with Crippen LogP contribution in [0.2, 0.25) is 0 Å². The molecule has 1 saturated heterocycles. The average molecular weight is 464 g/mol. The fourth-order valence-electron chi connectivity index (χ4n) is 3.37. The number of anilines is 1. The van der Waals surface area contributed by atoms with E-state index in [-0.39, 0.29) is 11.8 Å². The van der Waals surface area contributed by atoms with Crippen molar-refractivity contribution in [2.24, 2.45) is 5.92 Å². The Hall–Kier alpha value is -3.23. The second-order valence-corrected chi connectivity index (χ2v) is 7.88. The molecule has 2 aromatic rings. The molecule has 0 bridgehead atoms. The summed E-state index contributed by atoms with van der Waals surface area (Å²) in [6.45, 7) is 1.14. The maximum atomic E-state index is 14.1. The molecule has 9 heteroatoms. The Kier molecular flexibility index (Phi) is 8.57. The maximum absolute atomic E-state index is 14.1. The molecule has 33 heavy (non-hydrogen) atoms. The van der Waals surface area contributed by atoms with E-state index in [4.69, 9.17) is 9.47 Å². The van der Waals surface area contributed by atoms with E-state index in [1.165, 1.54) is 20.2 Å². The van der Waals surface area contributed by atoms with E-state index in [2.05, 4.69) is 10.3 Å². The first-order chi connectivity index (χ1) is 15.9. The van der Waals surface area contributed by atoms with Gasteiger partial charge in [-0.3, -0.25) is 0 Å². The summed E-state index contributed by atoms with van der Waals surface area (Å²) in [5.74, 6) is -0.487. The lowest BCUT2D eigenvalue weighted by Gasteiger charge is -2.28. The highest BCUT2D eigenvalue weighted by atomic mass is 19.2. The number of rotatable bonds is 8. The lowest BCUT2D eigenvalue weighted by molar-refractivity contribution is -0.0181. The largest absolute Gasteiger partial charge is 0.481 e. The average Bonchev–Trinajstić information content (AvgIpc) is 2.84. The topological polar surface area (TPSA) is 63.7 Å². The summed E-state index contributed by atoms with van der Waals surface area (Å²) in [7, 11) is 1.52. The summed E-state index contributed by atoms with van der Waals surface area (Å²) < 4.78 is 50.1. The van der Waals surface area contributed by atoms with Crippen molar-refractivity contribution in [2.75, 3.05) is 32.2 Å². The number of likely N-dealkylation sites (tertiary alicyclic amines) is 1. The molecule has 0 spiro atoms. The van der Waals surface area contributed by atoms with Crippen LogP contribution < -0.4 is 14.8 Å². The van der Waals surface area contributed by atoms with Gasteiger partial charge in [0, 0.05) is 19.2 Å². The highest BCUT2D eigenvalue weighted by Gasteiger charge is 2.27. The smallest absolute Gasteiger partial charge is 0.321 e. The van der Waals surface area contributed by atoms with Crippen molar-refractivity contribution in [3.8, 4) is 11.6 Å². The van der Waals surface area contributed by atoms with Crippen LogP contribution in [0.1, 0.15) is 25.3 Å². The molecular formula is C24H28F3N3O3. The number of nitrogens with zero attached hydrogens (tertiary/aromatic N) is 2. The van der Waals surface area contributed by atoms with E-state index < -0.39 is 25.1 Å². The summed E-state index contributed by atoms with van der Waals surface area (Å²) in [6.07, 6.45) is 1.06. The normalized spacial score (nSPS) is 16.5. The van der Waals surface area contributed by atoms with Gasteiger partial charge in [0.2, 0.25) is 12.2 Å².